The van der Waals surface area contributed by atoms with Crippen molar-refractivity contribution < 1.29 is 0 Å². The number of hydrogen-bond acceptors (Lipinski definition) is 3. The van der Waals surface area contributed by atoms with E-state index in [4.69, 9.17) is 10.3 Å². The molecule has 0 aliphatic heterocycles. The number of rotatable bonds is 2. The molecule has 4 heteroatoms. The Hall–Kier alpha value is -3.19. The van der Waals surface area contributed by atoms with Gasteiger partial charge in [0.25, 0.3) is 0 Å². The third-order valence-corrected chi connectivity index (χ3v) is 5.55. The summed E-state index contributed by atoms with van der Waals surface area (Å²) in [6.07, 6.45) is 7.98. The number of aromatic amines is 1. The van der Waals surface area contributed by atoms with Gasteiger partial charge in [-0.3, -0.25) is 9.79 Å². The van der Waals surface area contributed by atoms with Crippen LogP contribution in [-0.2, 0) is 12.0 Å². The number of nitrogens with zero attached hydrogens (tertiary/aromatic N) is 2. The first-order chi connectivity index (χ1) is 13.1. The van der Waals surface area contributed by atoms with E-state index in [1.54, 1.807) is 18.2 Å². The van der Waals surface area contributed by atoms with E-state index in [0.717, 1.165) is 29.7 Å². The molecule has 2 aromatic rings. The van der Waals surface area contributed by atoms with Crippen molar-refractivity contribution in [3.05, 3.63) is 92.4 Å². The molecule has 1 aromatic carbocycles. The molecule has 0 amide bonds. The molecule has 2 aliphatic carbocycles. The number of nitrogens with one attached hydrogen (secondary N) is 1. The fraction of sp³-hybridized carbons (Fsp3) is 0.261. The summed E-state index contributed by atoms with van der Waals surface area (Å²) in [6.45, 7) is 4.22. The highest BCUT2D eigenvalue weighted by Crippen LogP contribution is 2.51. The molecule has 2 unspecified atom stereocenters. The molecule has 0 radical (unpaired) electrons. The Bertz CT molecular complexity index is 1080. The fourth-order valence-electron chi connectivity index (χ4n) is 4.48. The van der Waals surface area contributed by atoms with Crippen molar-refractivity contribution in [2.24, 2.45) is 10.9 Å². The van der Waals surface area contributed by atoms with Gasteiger partial charge < -0.3 is 4.98 Å². The zero-order valence-electron chi connectivity index (χ0n) is 15.5. The lowest BCUT2D eigenvalue weighted by Crippen LogP contribution is -2.40. The fourth-order valence-corrected chi connectivity index (χ4v) is 4.48. The van der Waals surface area contributed by atoms with Gasteiger partial charge in [-0.15, -0.1) is 0 Å². The molecule has 4 rings (SSSR count). The molecule has 27 heavy (non-hydrogen) atoms. The van der Waals surface area contributed by atoms with E-state index < -0.39 is 5.54 Å². The van der Waals surface area contributed by atoms with Crippen LogP contribution in [0.1, 0.15) is 42.7 Å². The maximum absolute atomic E-state index is 11.9. The third kappa shape index (κ3) is 2.86. The topological polar surface area (TPSA) is 69.0 Å². The average Bonchev–Trinajstić information content (AvgIpc) is 2.66. The second kappa shape index (κ2) is 6.51. The van der Waals surface area contributed by atoms with Crippen LogP contribution in [-0.4, -0.2) is 11.2 Å². The Morgan fingerprint density at radius 1 is 1.26 bits per heavy atom. The smallest absolute Gasteiger partial charge is 0.248 e. The molecule has 2 bridgehead atoms. The standard InChI is InChI=1S/C23H21N3O/c1-3-19-18-10-15(2)12-23(19,20-8-9-22(27)26-21(20)11-18)25-14-17-6-4-16(13-24)5-7-17/h3-10,14,18H,11-12H2,1-2H3,(H,26,27). The Kier molecular flexibility index (Phi) is 4.16. The normalized spacial score (nSPS) is 25.1. The third-order valence-electron chi connectivity index (χ3n) is 5.55. The Morgan fingerprint density at radius 2 is 2.04 bits per heavy atom. The lowest BCUT2D eigenvalue weighted by Gasteiger charge is -2.45. The summed E-state index contributed by atoms with van der Waals surface area (Å²) in [7, 11) is 0. The highest BCUT2D eigenvalue weighted by atomic mass is 16.1. The summed E-state index contributed by atoms with van der Waals surface area (Å²) in [4.78, 5) is 20.0. The Morgan fingerprint density at radius 3 is 2.74 bits per heavy atom. The summed E-state index contributed by atoms with van der Waals surface area (Å²) in [5.74, 6) is 0.257. The Labute approximate surface area is 158 Å². The minimum absolute atomic E-state index is 0.0670. The molecule has 2 atom stereocenters. The SMILES string of the molecule is CC=C1C2C=C(C)CC1(N=Cc1ccc(C#N)cc1)c1ccc(=O)[nH]c1C2. The molecule has 0 fully saturated rings. The molecule has 0 saturated heterocycles. The van der Waals surface area contributed by atoms with Crippen molar-refractivity contribution in [1.29, 1.82) is 5.26 Å². The van der Waals surface area contributed by atoms with Gasteiger partial charge in [0.05, 0.1) is 11.6 Å². The van der Waals surface area contributed by atoms with Crippen molar-refractivity contribution in [3.63, 3.8) is 0 Å². The van der Waals surface area contributed by atoms with Gasteiger partial charge in [0.1, 0.15) is 5.54 Å². The van der Waals surface area contributed by atoms with E-state index >= 15 is 0 Å². The second-order valence-corrected chi connectivity index (χ2v) is 7.31. The van der Waals surface area contributed by atoms with Crippen LogP contribution in [0.5, 0.6) is 0 Å². The van der Waals surface area contributed by atoms with E-state index in [2.05, 4.69) is 37.1 Å². The molecule has 134 valence electrons. The van der Waals surface area contributed by atoms with Gasteiger partial charge in [0, 0.05) is 35.9 Å². The van der Waals surface area contributed by atoms with Gasteiger partial charge in [-0.25, -0.2) is 0 Å². The number of benzene rings is 1. The first kappa shape index (κ1) is 17.2. The van der Waals surface area contributed by atoms with E-state index in [9.17, 15) is 4.79 Å². The highest BCUT2D eigenvalue weighted by Gasteiger charge is 2.46. The van der Waals surface area contributed by atoms with Crippen LogP contribution in [0.2, 0.25) is 0 Å². The van der Waals surface area contributed by atoms with E-state index in [1.165, 1.54) is 11.1 Å². The van der Waals surface area contributed by atoms with Crippen LogP contribution in [0.25, 0.3) is 0 Å². The number of aromatic nitrogens is 1. The maximum Gasteiger partial charge on any atom is 0.248 e. The van der Waals surface area contributed by atoms with Crippen LogP contribution in [0.4, 0.5) is 0 Å². The van der Waals surface area contributed by atoms with Gasteiger partial charge >= 0.3 is 0 Å². The van der Waals surface area contributed by atoms with Crippen LogP contribution in [0, 0.1) is 17.2 Å². The average molecular weight is 355 g/mol. The molecule has 4 nitrogen and oxygen atoms in total. The minimum atomic E-state index is -0.482. The Balaban J connectivity index is 1.87. The van der Waals surface area contributed by atoms with Crippen LogP contribution >= 0.6 is 0 Å². The number of fused-ring (bicyclic) bond motifs is 4. The summed E-state index contributed by atoms with van der Waals surface area (Å²) in [5, 5.41) is 8.98. The number of aliphatic imine (C=N–C) groups is 1. The first-order valence-electron chi connectivity index (χ1n) is 9.18. The zero-order valence-corrected chi connectivity index (χ0v) is 15.5. The van der Waals surface area contributed by atoms with E-state index in [1.807, 2.05) is 24.4 Å². The van der Waals surface area contributed by atoms with Crippen LogP contribution < -0.4 is 5.56 Å². The number of hydrogen-bond donors (Lipinski definition) is 1. The second-order valence-electron chi connectivity index (χ2n) is 7.31. The zero-order chi connectivity index (χ0) is 19.0. The highest BCUT2D eigenvalue weighted by molar-refractivity contribution is 5.81. The predicted octanol–water partition coefficient (Wildman–Crippen LogP) is 4.03. The van der Waals surface area contributed by atoms with E-state index in [0.29, 0.717) is 5.56 Å². The largest absolute Gasteiger partial charge is 0.326 e. The lowest BCUT2D eigenvalue weighted by atomic mass is 9.63. The van der Waals surface area contributed by atoms with Crippen molar-refractivity contribution >= 4 is 6.21 Å². The van der Waals surface area contributed by atoms with Crippen LogP contribution in [0.3, 0.4) is 0 Å². The van der Waals surface area contributed by atoms with Gasteiger partial charge in [-0.05, 0) is 49.6 Å². The summed E-state index contributed by atoms with van der Waals surface area (Å²) in [6, 6.07) is 13.1. The van der Waals surface area contributed by atoms with Crippen molar-refractivity contribution in [2.75, 3.05) is 0 Å². The number of H-pyrrole nitrogens is 1. The van der Waals surface area contributed by atoms with Gasteiger partial charge in [0.15, 0.2) is 0 Å². The monoisotopic (exact) mass is 355 g/mol. The van der Waals surface area contributed by atoms with Crippen molar-refractivity contribution in [1.82, 2.24) is 4.98 Å². The molecule has 0 spiro atoms. The molecule has 1 aromatic heterocycles. The molecule has 1 N–H and O–H groups in total. The quantitative estimate of drug-likeness (QED) is 0.653. The number of nitriles is 1. The lowest BCUT2D eigenvalue weighted by molar-refractivity contribution is 0.413. The van der Waals surface area contributed by atoms with Gasteiger partial charge in [-0.2, -0.15) is 5.26 Å². The number of allylic oxidation sites excluding steroid dienone is 2. The molecule has 0 saturated carbocycles. The van der Waals surface area contributed by atoms with Gasteiger partial charge in [0.2, 0.25) is 5.56 Å². The molecule has 1 heterocycles. The van der Waals surface area contributed by atoms with Gasteiger partial charge in [-0.1, -0.05) is 29.9 Å². The minimum Gasteiger partial charge on any atom is -0.326 e. The van der Waals surface area contributed by atoms with E-state index in [-0.39, 0.29) is 11.5 Å². The summed E-state index contributed by atoms with van der Waals surface area (Å²) >= 11 is 0. The summed E-state index contributed by atoms with van der Waals surface area (Å²) < 4.78 is 0. The molecular formula is C23H21N3O. The molecule has 2 aliphatic rings. The summed E-state index contributed by atoms with van der Waals surface area (Å²) in [5.41, 5.74) is 5.72. The maximum atomic E-state index is 11.9. The van der Waals surface area contributed by atoms with Crippen molar-refractivity contribution in [2.45, 2.75) is 32.2 Å². The number of pyridine rings is 1. The van der Waals surface area contributed by atoms with Crippen molar-refractivity contribution in [3.8, 4) is 6.07 Å². The first-order valence-corrected chi connectivity index (χ1v) is 9.18. The predicted molar refractivity (Wildman–Crippen MR) is 107 cm³/mol. The van der Waals surface area contributed by atoms with Crippen LogP contribution in [0.15, 0.2) is 69.5 Å². The molecular weight excluding hydrogens is 334 g/mol.